The first-order valence-electron chi connectivity index (χ1n) is 6.29. The first kappa shape index (κ1) is 13.9. The third kappa shape index (κ3) is 3.09. The summed E-state index contributed by atoms with van der Waals surface area (Å²) in [6, 6.07) is 11.4. The number of ether oxygens (including phenoxy) is 1. The minimum absolute atomic E-state index is 0.00697. The molecule has 0 unspecified atom stereocenters. The van der Waals surface area contributed by atoms with Gasteiger partial charge in [-0.3, -0.25) is 4.79 Å². The summed E-state index contributed by atoms with van der Waals surface area (Å²) in [6.07, 6.45) is 0.515. The third-order valence-electron chi connectivity index (χ3n) is 3.14. The maximum absolute atomic E-state index is 12.0. The number of carbonyl (C=O) groups is 1. The molecule has 0 radical (unpaired) electrons. The predicted molar refractivity (Wildman–Crippen MR) is 75.4 cm³/mol. The molecule has 0 aliphatic carbocycles. The van der Waals surface area contributed by atoms with Gasteiger partial charge in [0.25, 0.3) is 0 Å². The van der Waals surface area contributed by atoms with E-state index in [1.165, 1.54) is 12.1 Å². The number of aromatic hydroxyl groups is 2. The molecule has 0 aliphatic heterocycles. The molecule has 4 heteroatoms. The highest BCUT2D eigenvalue weighted by Crippen LogP contribution is 2.28. The van der Waals surface area contributed by atoms with Gasteiger partial charge in [0.2, 0.25) is 0 Å². The number of rotatable bonds is 5. The highest BCUT2D eigenvalue weighted by Gasteiger charge is 2.11. The van der Waals surface area contributed by atoms with E-state index in [0.717, 1.165) is 0 Å². The van der Waals surface area contributed by atoms with Crippen molar-refractivity contribution in [3.8, 4) is 17.2 Å². The summed E-state index contributed by atoms with van der Waals surface area (Å²) >= 11 is 0. The van der Waals surface area contributed by atoms with Crippen molar-refractivity contribution >= 4 is 5.78 Å². The minimum atomic E-state index is -0.0460. The topological polar surface area (TPSA) is 66.8 Å². The van der Waals surface area contributed by atoms with Gasteiger partial charge in [-0.1, -0.05) is 6.07 Å². The fourth-order valence-electron chi connectivity index (χ4n) is 1.98. The molecule has 0 fully saturated rings. The van der Waals surface area contributed by atoms with E-state index in [9.17, 15) is 15.0 Å². The van der Waals surface area contributed by atoms with E-state index in [1.54, 1.807) is 37.4 Å². The van der Waals surface area contributed by atoms with Gasteiger partial charge >= 0.3 is 0 Å². The van der Waals surface area contributed by atoms with Crippen LogP contribution >= 0.6 is 0 Å². The Morgan fingerprint density at radius 3 is 2.20 bits per heavy atom. The minimum Gasteiger partial charge on any atom is -0.508 e. The van der Waals surface area contributed by atoms with Crippen molar-refractivity contribution in [1.29, 1.82) is 0 Å². The lowest BCUT2D eigenvalue weighted by Gasteiger charge is -2.07. The van der Waals surface area contributed by atoms with E-state index in [0.29, 0.717) is 23.3 Å². The van der Waals surface area contributed by atoms with Crippen LogP contribution in [0.25, 0.3) is 0 Å². The Bertz CT molecular complexity index is 582. The van der Waals surface area contributed by atoms with Crippen LogP contribution in [0.2, 0.25) is 0 Å². The van der Waals surface area contributed by atoms with Gasteiger partial charge in [0, 0.05) is 17.5 Å². The molecule has 0 spiro atoms. The van der Waals surface area contributed by atoms with Gasteiger partial charge in [0.05, 0.1) is 7.11 Å². The van der Waals surface area contributed by atoms with E-state index < -0.39 is 0 Å². The lowest BCUT2D eigenvalue weighted by Crippen LogP contribution is -2.01. The van der Waals surface area contributed by atoms with Crippen molar-refractivity contribution in [2.75, 3.05) is 7.11 Å². The molecule has 0 aromatic heterocycles. The second-order valence-corrected chi connectivity index (χ2v) is 4.43. The average Bonchev–Trinajstić information content (AvgIpc) is 2.46. The standard InChI is InChI=1S/C16H16O4/c1-20-12-7-5-11(6-8-12)14(17)10-9-13-15(18)3-2-4-16(13)19/h2-8,18-19H,9-10H2,1H3. The van der Waals surface area contributed by atoms with Crippen LogP contribution in [0.1, 0.15) is 22.3 Å². The summed E-state index contributed by atoms with van der Waals surface area (Å²) in [6.45, 7) is 0. The molecule has 0 saturated carbocycles. The Balaban J connectivity index is 2.04. The molecule has 0 bridgehead atoms. The number of phenols is 2. The fourth-order valence-corrected chi connectivity index (χ4v) is 1.98. The van der Waals surface area contributed by atoms with Crippen LogP contribution in [-0.2, 0) is 6.42 Å². The lowest BCUT2D eigenvalue weighted by atomic mass is 10.0. The Kier molecular flexibility index (Phi) is 4.25. The van der Waals surface area contributed by atoms with Gasteiger partial charge in [0.15, 0.2) is 5.78 Å². The van der Waals surface area contributed by atoms with Crippen LogP contribution in [0.4, 0.5) is 0 Å². The van der Waals surface area contributed by atoms with Crippen LogP contribution in [0.3, 0.4) is 0 Å². The summed E-state index contributed by atoms with van der Waals surface area (Å²) < 4.78 is 5.03. The monoisotopic (exact) mass is 272 g/mol. The maximum atomic E-state index is 12.0. The van der Waals surface area contributed by atoms with Crippen LogP contribution < -0.4 is 4.74 Å². The van der Waals surface area contributed by atoms with E-state index in [4.69, 9.17) is 4.74 Å². The first-order valence-corrected chi connectivity index (χ1v) is 6.29. The van der Waals surface area contributed by atoms with Crippen molar-refractivity contribution in [2.24, 2.45) is 0 Å². The van der Waals surface area contributed by atoms with Crippen LogP contribution in [-0.4, -0.2) is 23.1 Å². The number of hydrogen-bond donors (Lipinski definition) is 2. The third-order valence-corrected chi connectivity index (χ3v) is 3.14. The van der Waals surface area contributed by atoms with Gasteiger partial charge in [-0.05, 0) is 42.8 Å². The van der Waals surface area contributed by atoms with Gasteiger partial charge in [-0.25, -0.2) is 0 Å². The summed E-state index contributed by atoms with van der Waals surface area (Å²) in [4.78, 5) is 12.0. The number of benzene rings is 2. The molecule has 0 amide bonds. The Morgan fingerprint density at radius 1 is 1.05 bits per heavy atom. The second-order valence-electron chi connectivity index (χ2n) is 4.43. The summed E-state index contributed by atoms with van der Waals surface area (Å²) in [7, 11) is 1.57. The number of carbonyl (C=O) groups excluding carboxylic acids is 1. The van der Waals surface area contributed by atoms with Crippen molar-refractivity contribution < 1.29 is 19.7 Å². The zero-order valence-electron chi connectivity index (χ0n) is 11.2. The molecule has 0 saturated heterocycles. The van der Waals surface area contributed by atoms with Crippen LogP contribution in [0.5, 0.6) is 17.2 Å². The molecular formula is C16H16O4. The molecular weight excluding hydrogens is 256 g/mol. The molecule has 0 atom stereocenters. The Labute approximate surface area is 117 Å². The number of Topliss-reactive ketones (excluding diaryl/α,β-unsaturated/α-hetero) is 1. The maximum Gasteiger partial charge on any atom is 0.163 e. The Morgan fingerprint density at radius 2 is 1.65 bits per heavy atom. The summed E-state index contributed by atoms with van der Waals surface area (Å²) in [5.74, 6) is 0.662. The molecule has 2 aromatic carbocycles. The van der Waals surface area contributed by atoms with E-state index in [1.807, 2.05) is 0 Å². The molecule has 20 heavy (non-hydrogen) atoms. The van der Waals surface area contributed by atoms with E-state index >= 15 is 0 Å². The van der Waals surface area contributed by atoms with Crippen molar-refractivity contribution in [3.05, 3.63) is 53.6 Å². The molecule has 0 heterocycles. The zero-order valence-corrected chi connectivity index (χ0v) is 11.2. The number of hydrogen-bond acceptors (Lipinski definition) is 4. The second kappa shape index (κ2) is 6.10. The predicted octanol–water partition coefficient (Wildman–Crippen LogP) is 2.92. The largest absolute Gasteiger partial charge is 0.508 e. The van der Waals surface area contributed by atoms with Crippen molar-refractivity contribution in [1.82, 2.24) is 0 Å². The SMILES string of the molecule is COc1ccc(C(=O)CCc2c(O)cccc2O)cc1. The number of ketones is 1. The number of methoxy groups -OCH3 is 1. The molecule has 0 aliphatic rings. The molecule has 4 nitrogen and oxygen atoms in total. The van der Waals surface area contributed by atoms with E-state index in [2.05, 4.69) is 0 Å². The Hall–Kier alpha value is -2.49. The van der Waals surface area contributed by atoms with Crippen LogP contribution in [0, 0.1) is 0 Å². The molecule has 2 aromatic rings. The molecule has 104 valence electrons. The highest BCUT2D eigenvalue weighted by molar-refractivity contribution is 5.96. The van der Waals surface area contributed by atoms with Gasteiger partial charge < -0.3 is 14.9 Å². The smallest absolute Gasteiger partial charge is 0.163 e. The summed E-state index contributed by atoms with van der Waals surface area (Å²) in [5, 5.41) is 19.3. The fraction of sp³-hybridized carbons (Fsp3) is 0.188. The quantitative estimate of drug-likeness (QED) is 0.821. The molecule has 2 N–H and O–H groups in total. The van der Waals surface area contributed by atoms with Crippen molar-refractivity contribution in [2.45, 2.75) is 12.8 Å². The first-order chi connectivity index (χ1) is 9.61. The normalized spacial score (nSPS) is 10.2. The van der Waals surface area contributed by atoms with Gasteiger partial charge in [0.1, 0.15) is 17.2 Å². The van der Waals surface area contributed by atoms with Crippen LogP contribution in [0.15, 0.2) is 42.5 Å². The highest BCUT2D eigenvalue weighted by atomic mass is 16.5. The number of phenolic OH excluding ortho intramolecular Hbond substituents is 2. The van der Waals surface area contributed by atoms with Gasteiger partial charge in [-0.15, -0.1) is 0 Å². The zero-order chi connectivity index (χ0) is 14.5. The summed E-state index contributed by atoms with van der Waals surface area (Å²) in [5.41, 5.74) is 0.982. The average molecular weight is 272 g/mol. The van der Waals surface area contributed by atoms with Gasteiger partial charge in [-0.2, -0.15) is 0 Å². The van der Waals surface area contributed by atoms with E-state index in [-0.39, 0.29) is 23.7 Å². The van der Waals surface area contributed by atoms with Crippen molar-refractivity contribution in [3.63, 3.8) is 0 Å². The molecule has 2 rings (SSSR count). The lowest BCUT2D eigenvalue weighted by molar-refractivity contribution is 0.0982.